The summed E-state index contributed by atoms with van der Waals surface area (Å²) in [5, 5.41) is 3.14. The molecule has 110 valence electrons. The van der Waals surface area contributed by atoms with E-state index in [1.54, 1.807) is 0 Å². The van der Waals surface area contributed by atoms with E-state index >= 15 is 0 Å². The van der Waals surface area contributed by atoms with Crippen LogP contribution in [-0.4, -0.2) is 10.5 Å². The number of anilines is 1. The van der Waals surface area contributed by atoms with Gasteiger partial charge in [0, 0.05) is 22.9 Å². The lowest BCUT2D eigenvalue weighted by Crippen LogP contribution is -2.28. The Hall–Kier alpha value is -1.75. The molecule has 0 fully saturated rings. The van der Waals surface area contributed by atoms with E-state index in [0.29, 0.717) is 5.69 Å². The number of hydrogen-bond donors (Lipinski definition) is 2. The van der Waals surface area contributed by atoms with Crippen LogP contribution in [0.5, 0.6) is 0 Å². The molecule has 0 bridgehead atoms. The average molecular weight is 348 g/mol. The van der Waals surface area contributed by atoms with Gasteiger partial charge in [0.15, 0.2) is 0 Å². The zero-order valence-electron chi connectivity index (χ0n) is 11.9. The largest absolute Gasteiger partial charge is 0.399 e. The van der Waals surface area contributed by atoms with Gasteiger partial charge in [0.2, 0.25) is 0 Å². The first-order valence-electron chi connectivity index (χ1n) is 7.13. The van der Waals surface area contributed by atoms with Gasteiger partial charge in [-0.25, -0.2) is 0 Å². The number of hydrogen-bond acceptors (Lipinski definition) is 2. The van der Waals surface area contributed by atoms with E-state index in [2.05, 4.69) is 21.2 Å². The van der Waals surface area contributed by atoms with Crippen LogP contribution in [0.25, 0.3) is 0 Å². The molecule has 1 amide bonds. The molecule has 1 unspecified atom stereocenters. The lowest BCUT2D eigenvalue weighted by molar-refractivity contribution is 0.0927. The number of nitrogens with zero attached hydrogens (tertiary/aromatic N) is 1. The monoisotopic (exact) mass is 347 g/mol. The Morgan fingerprint density at radius 1 is 1.48 bits per heavy atom. The molecule has 0 aliphatic heterocycles. The van der Waals surface area contributed by atoms with E-state index in [4.69, 9.17) is 5.73 Å². The Labute approximate surface area is 132 Å². The Balaban J connectivity index is 1.81. The maximum atomic E-state index is 12.5. The number of rotatable bonds is 3. The fourth-order valence-corrected chi connectivity index (χ4v) is 3.41. The highest BCUT2D eigenvalue weighted by Crippen LogP contribution is 2.32. The normalized spacial score (nSPS) is 16.8. The number of benzene rings is 1. The van der Waals surface area contributed by atoms with Gasteiger partial charge in [0.25, 0.3) is 5.91 Å². The van der Waals surface area contributed by atoms with Crippen LogP contribution in [0.1, 0.15) is 41.0 Å². The Morgan fingerprint density at radius 2 is 2.29 bits per heavy atom. The van der Waals surface area contributed by atoms with Crippen LogP contribution in [0.3, 0.4) is 0 Å². The quantitative estimate of drug-likeness (QED) is 0.837. The summed E-state index contributed by atoms with van der Waals surface area (Å²) < 4.78 is 2.87. The molecule has 1 atom stereocenters. The Morgan fingerprint density at radius 3 is 3.05 bits per heavy atom. The molecule has 1 aromatic heterocycles. The van der Waals surface area contributed by atoms with Crippen molar-refractivity contribution in [2.24, 2.45) is 0 Å². The van der Waals surface area contributed by atoms with Gasteiger partial charge in [-0.15, -0.1) is 0 Å². The second kappa shape index (κ2) is 5.56. The van der Waals surface area contributed by atoms with Gasteiger partial charge in [0.1, 0.15) is 5.69 Å². The topological polar surface area (TPSA) is 60.0 Å². The molecule has 1 aliphatic rings. The molecule has 0 radical (unpaired) electrons. The minimum absolute atomic E-state index is 0.0303. The smallest absolute Gasteiger partial charge is 0.268 e. The first-order valence-corrected chi connectivity index (χ1v) is 7.92. The predicted molar refractivity (Wildman–Crippen MR) is 87.2 cm³/mol. The van der Waals surface area contributed by atoms with Crippen LogP contribution < -0.4 is 11.1 Å². The molecule has 0 saturated heterocycles. The third kappa shape index (κ3) is 2.70. The molecular formula is C16H18BrN3O. The molecule has 1 aromatic carbocycles. The van der Waals surface area contributed by atoms with Crippen molar-refractivity contribution in [3.05, 3.63) is 51.8 Å². The minimum atomic E-state index is -0.0303. The zero-order chi connectivity index (χ0) is 15.0. The highest BCUT2D eigenvalue weighted by Gasteiger charge is 2.25. The molecule has 2 aromatic rings. The van der Waals surface area contributed by atoms with Crippen molar-refractivity contribution in [3.8, 4) is 0 Å². The van der Waals surface area contributed by atoms with E-state index < -0.39 is 0 Å². The Bertz CT molecular complexity index is 693. The van der Waals surface area contributed by atoms with E-state index in [9.17, 15) is 4.79 Å². The third-order valence-corrected chi connectivity index (χ3v) is 4.42. The number of halogens is 1. The summed E-state index contributed by atoms with van der Waals surface area (Å²) >= 11 is 3.42. The predicted octanol–water partition coefficient (Wildman–Crippen LogP) is 3.27. The number of nitrogens with one attached hydrogen (secondary N) is 1. The molecule has 1 aliphatic carbocycles. The SMILES string of the molecule is CCn1cc(Br)cc1C(=O)NC1CCc2cc(N)ccc21. The van der Waals surface area contributed by atoms with Crippen molar-refractivity contribution in [2.45, 2.75) is 32.4 Å². The first-order chi connectivity index (χ1) is 10.1. The summed E-state index contributed by atoms with van der Waals surface area (Å²) in [5.41, 5.74) is 9.71. The van der Waals surface area contributed by atoms with E-state index in [1.165, 1.54) is 11.1 Å². The van der Waals surface area contributed by atoms with Gasteiger partial charge < -0.3 is 15.6 Å². The summed E-state index contributed by atoms with van der Waals surface area (Å²) in [6.07, 6.45) is 3.82. The standard InChI is InChI=1S/C16H18BrN3O/c1-2-20-9-11(17)8-15(20)16(21)19-14-6-3-10-7-12(18)4-5-13(10)14/h4-5,7-9,14H,2-3,6,18H2,1H3,(H,19,21). The van der Waals surface area contributed by atoms with Crippen molar-refractivity contribution >= 4 is 27.5 Å². The maximum absolute atomic E-state index is 12.5. The number of fused-ring (bicyclic) bond motifs is 1. The number of nitrogen functional groups attached to an aromatic ring is 1. The van der Waals surface area contributed by atoms with E-state index in [0.717, 1.165) is 29.5 Å². The second-order valence-electron chi connectivity index (χ2n) is 5.35. The molecule has 3 rings (SSSR count). The number of aryl methyl sites for hydroxylation is 2. The summed E-state index contributed by atoms with van der Waals surface area (Å²) in [6, 6.07) is 7.86. The summed E-state index contributed by atoms with van der Waals surface area (Å²) in [6.45, 7) is 2.79. The second-order valence-corrected chi connectivity index (χ2v) is 6.27. The van der Waals surface area contributed by atoms with Crippen LogP contribution in [0.4, 0.5) is 5.69 Å². The number of carbonyl (C=O) groups is 1. The van der Waals surface area contributed by atoms with Crippen LogP contribution in [0, 0.1) is 0 Å². The van der Waals surface area contributed by atoms with Crippen molar-refractivity contribution in [3.63, 3.8) is 0 Å². The van der Waals surface area contributed by atoms with Crippen LogP contribution in [0.2, 0.25) is 0 Å². The summed E-state index contributed by atoms with van der Waals surface area (Å²) in [4.78, 5) is 12.5. The van der Waals surface area contributed by atoms with Crippen molar-refractivity contribution in [2.75, 3.05) is 5.73 Å². The van der Waals surface area contributed by atoms with Gasteiger partial charge in [-0.2, -0.15) is 0 Å². The molecule has 21 heavy (non-hydrogen) atoms. The van der Waals surface area contributed by atoms with Gasteiger partial charge in [0.05, 0.1) is 6.04 Å². The Kier molecular flexibility index (Phi) is 3.76. The van der Waals surface area contributed by atoms with Gasteiger partial charge in [-0.05, 0) is 65.0 Å². The summed E-state index contributed by atoms with van der Waals surface area (Å²) in [5.74, 6) is -0.0303. The minimum Gasteiger partial charge on any atom is -0.399 e. The number of aromatic nitrogens is 1. The van der Waals surface area contributed by atoms with Crippen molar-refractivity contribution < 1.29 is 4.79 Å². The maximum Gasteiger partial charge on any atom is 0.268 e. The van der Waals surface area contributed by atoms with Crippen LogP contribution in [0.15, 0.2) is 34.9 Å². The van der Waals surface area contributed by atoms with Gasteiger partial charge in [-0.1, -0.05) is 6.07 Å². The highest BCUT2D eigenvalue weighted by molar-refractivity contribution is 9.10. The molecular weight excluding hydrogens is 330 g/mol. The number of amides is 1. The molecule has 0 saturated carbocycles. The summed E-state index contributed by atoms with van der Waals surface area (Å²) in [7, 11) is 0. The first kappa shape index (κ1) is 14.2. The van der Waals surface area contributed by atoms with E-state index in [-0.39, 0.29) is 11.9 Å². The number of nitrogens with two attached hydrogens (primary N) is 1. The fraction of sp³-hybridized carbons (Fsp3) is 0.312. The highest BCUT2D eigenvalue weighted by atomic mass is 79.9. The molecule has 1 heterocycles. The van der Waals surface area contributed by atoms with Crippen LogP contribution >= 0.6 is 15.9 Å². The number of carbonyl (C=O) groups excluding carboxylic acids is 1. The van der Waals surface area contributed by atoms with Crippen molar-refractivity contribution in [1.29, 1.82) is 0 Å². The lowest BCUT2D eigenvalue weighted by Gasteiger charge is -2.15. The average Bonchev–Trinajstić information content (AvgIpc) is 3.02. The molecule has 5 heteroatoms. The van der Waals surface area contributed by atoms with Crippen molar-refractivity contribution in [1.82, 2.24) is 9.88 Å². The molecule has 0 spiro atoms. The molecule has 4 nitrogen and oxygen atoms in total. The zero-order valence-corrected chi connectivity index (χ0v) is 13.5. The van der Waals surface area contributed by atoms with E-state index in [1.807, 2.05) is 42.0 Å². The van der Waals surface area contributed by atoms with Gasteiger partial charge in [-0.3, -0.25) is 4.79 Å². The fourth-order valence-electron chi connectivity index (χ4n) is 2.95. The molecule has 3 N–H and O–H groups in total. The lowest BCUT2D eigenvalue weighted by atomic mass is 10.1. The van der Waals surface area contributed by atoms with Gasteiger partial charge >= 0.3 is 0 Å². The van der Waals surface area contributed by atoms with Crippen LogP contribution in [-0.2, 0) is 13.0 Å². The third-order valence-electron chi connectivity index (χ3n) is 3.99.